The van der Waals surface area contributed by atoms with E-state index in [4.69, 9.17) is 16.7 Å². The van der Waals surface area contributed by atoms with Crippen molar-refractivity contribution in [1.29, 1.82) is 0 Å². The fourth-order valence-electron chi connectivity index (χ4n) is 1.90. The number of halogens is 2. The first-order chi connectivity index (χ1) is 9.41. The number of aromatic nitrogens is 1. The minimum atomic E-state index is -1.30. The third-order valence-electron chi connectivity index (χ3n) is 2.96. The summed E-state index contributed by atoms with van der Waals surface area (Å²) in [6.07, 6.45) is 1.43. The minimum Gasteiger partial charge on any atom is -0.477 e. The molecule has 0 radical (unpaired) electrons. The molecule has 0 saturated carbocycles. The van der Waals surface area contributed by atoms with Crippen LogP contribution in [0.25, 0.3) is 0 Å². The van der Waals surface area contributed by atoms with Crippen LogP contribution >= 0.6 is 11.6 Å². The van der Waals surface area contributed by atoms with Crippen molar-refractivity contribution in [1.82, 2.24) is 4.57 Å². The third-order valence-corrected chi connectivity index (χ3v) is 3.25. The van der Waals surface area contributed by atoms with Crippen LogP contribution in [0.3, 0.4) is 0 Å². The van der Waals surface area contributed by atoms with E-state index in [1.165, 1.54) is 31.3 Å². The second-order valence-corrected chi connectivity index (χ2v) is 4.73. The highest BCUT2D eigenvalue weighted by atomic mass is 35.5. The van der Waals surface area contributed by atoms with E-state index in [0.29, 0.717) is 5.56 Å². The number of aromatic carboxylic acids is 1. The highest BCUT2D eigenvalue weighted by molar-refractivity contribution is 6.30. The van der Waals surface area contributed by atoms with Gasteiger partial charge in [0.1, 0.15) is 11.4 Å². The maximum atomic E-state index is 13.8. The van der Waals surface area contributed by atoms with E-state index in [-0.39, 0.29) is 22.7 Å². The summed E-state index contributed by atoms with van der Waals surface area (Å²) in [5.41, 5.74) is -0.392. The van der Waals surface area contributed by atoms with Gasteiger partial charge in [-0.15, -0.1) is 0 Å². The summed E-state index contributed by atoms with van der Waals surface area (Å²) in [6.45, 7) is 1.46. The van der Waals surface area contributed by atoms with Gasteiger partial charge in [0.05, 0.1) is 11.6 Å². The molecule has 0 aliphatic heterocycles. The number of aryl methyl sites for hydroxylation is 1. The molecule has 0 fully saturated rings. The first-order valence-corrected chi connectivity index (χ1v) is 6.16. The first kappa shape index (κ1) is 14.3. The monoisotopic (exact) mass is 295 g/mol. The first-order valence-electron chi connectivity index (χ1n) is 5.78. The number of benzene rings is 1. The molecular formula is C14H11ClFNO3. The molecule has 0 unspecified atom stereocenters. The van der Waals surface area contributed by atoms with E-state index in [0.717, 1.165) is 4.57 Å². The molecule has 1 N–H and O–H groups in total. The SMILES string of the molecule is Cc1ccn(Cc2cccc(Cl)c2F)c(=O)c1C(=O)O. The van der Waals surface area contributed by atoms with Gasteiger partial charge in [-0.2, -0.15) is 0 Å². The van der Waals surface area contributed by atoms with Gasteiger partial charge in [0.25, 0.3) is 5.56 Å². The maximum Gasteiger partial charge on any atom is 0.341 e. The normalized spacial score (nSPS) is 10.6. The molecule has 1 aromatic carbocycles. The molecule has 0 saturated heterocycles. The van der Waals surface area contributed by atoms with Gasteiger partial charge in [-0.3, -0.25) is 4.79 Å². The molecule has 1 aromatic heterocycles. The lowest BCUT2D eigenvalue weighted by molar-refractivity contribution is 0.0693. The molecule has 104 valence electrons. The second-order valence-electron chi connectivity index (χ2n) is 4.32. The largest absolute Gasteiger partial charge is 0.477 e. The zero-order valence-electron chi connectivity index (χ0n) is 10.6. The van der Waals surface area contributed by atoms with Gasteiger partial charge >= 0.3 is 5.97 Å². The summed E-state index contributed by atoms with van der Waals surface area (Å²) < 4.78 is 14.9. The number of hydrogen-bond donors (Lipinski definition) is 1. The predicted molar refractivity (Wildman–Crippen MR) is 72.9 cm³/mol. The zero-order chi connectivity index (χ0) is 14.9. The van der Waals surface area contributed by atoms with Crippen LogP contribution in [0, 0.1) is 12.7 Å². The van der Waals surface area contributed by atoms with E-state index in [1.54, 1.807) is 6.07 Å². The summed E-state index contributed by atoms with van der Waals surface area (Å²) in [4.78, 5) is 23.1. The molecule has 0 spiro atoms. The van der Waals surface area contributed by atoms with Gasteiger partial charge < -0.3 is 9.67 Å². The molecule has 2 aromatic rings. The van der Waals surface area contributed by atoms with E-state index in [1.807, 2.05) is 0 Å². The highest BCUT2D eigenvalue weighted by Crippen LogP contribution is 2.18. The maximum absolute atomic E-state index is 13.8. The van der Waals surface area contributed by atoms with Crippen LogP contribution in [-0.4, -0.2) is 15.6 Å². The molecule has 0 aliphatic rings. The van der Waals surface area contributed by atoms with Crippen molar-refractivity contribution in [3.63, 3.8) is 0 Å². The van der Waals surface area contributed by atoms with Crippen molar-refractivity contribution in [2.24, 2.45) is 0 Å². The van der Waals surface area contributed by atoms with E-state index in [9.17, 15) is 14.0 Å². The Morgan fingerprint density at radius 2 is 2.10 bits per heavy atom. The highest BCUT2D eigenvalue weighted by Gasteiger charge is 2.15. The van der Waals surface area contributed by atoms with Crippen LogP contribution in [0.5, 0.6) is 0 Å². The fourth-order valence-corrected chi connectivity index (χ4v) is 2.10. The van der Waals surface area contributed by atoms with Crippen molar-refractivity contribution < 1.29 is 14.3 Å². The molecule has 0 aliphatic carbocycles. The fraction of sp³-hybridized carbons (Fsp3) is 0.143. The third kappa shape index (κ3) is 2.58. The Kier molecular flexibility index (Phi) is 3.90. The van der Waals surface area contributed by atoms with Gasteiger partial charge in [-0.05, 0) is 24.6 Å². The molecule has 0 atom stereocenters. The molecule has 0 amide bonds. The number of hydrogen-bond acceptors (Lipinski definition) is 2. The topological polar surface area (TPSA) is 59.3 Å². The van der Waals surface area contributed by atoms with Crippen LogP contribution in [0.1, 0.15) is 21.5 Å². The molecule has 20 heavy (non-hydrogen) atoms. The standard InChI is InChI=1S/C14H11ClFNO3/c1-8-5-6-17(13(18)11(8)14(19)20)7-9-3-2-4-10(15)12(9)16/h2-6H,7H2,1H3,(H,19,20). The van der Waals surface area contributed by atoms with Crippen LogP contribution in [0.15, 0.2) is 35.3 Å². The average molecular weight is 296 g/mol. The lowest BCUT2D eigenvalue weighted by Gasteiger charge is -2.10. The van der Waals surface area contributed by atoms with E-state index in [2.05, 4.69) is 0 Å². The average Bonchev–Trinajstić information content (AvgIpc) is 2.37. The van der Waals surface area contributed by atoms with Gasteiger partial charge in [-0.25, -0.2) is 9.18 Å². The Bertz CT molecular complexity index is 740. The molecule has 1 heterocycles. The summed E-state index contributed by atoms with van der Waals surface area (Å²) in [6, 6.07) is 5.97. The van der Waals surface area contributed by atoms with E-state index < -0.39 is 17.3 Å². The van der Waals surface area contributed by atoms with Gasteiger partial charge in [0, 0.05) is 11.8 Å². The Morgan fingerprint density at radius 3 is 2.75 bits per heavy atom. The van der Waals surface area contributed by atoms with Crippen LogP contribution in [-0.2, 0) is 6.54 Å². The Morgan fingerprint density at radius 1 is 1.40 bits per heavy atom. The quantitative estimate of drug-likeness (QED) is 0.947. The lowest BCUT2D eigenvalue weighted by atomic mass is 10.1. The van der Waals surface area contributed by atoms with Crippen molar-refractivity contribution >= 4 is 17.6 Å². The van der Waals surface area contributed by atoms with Crippen molar-refractivity contribution in [2.45, 2.75) is 13.5 Å². The molecule has 4 nitrogen and oxygen atoms in total. The number of rotatable bonds is 3. The number of pyridine rings is 1. The lowest BCUT2D eigenvalue weighted by Crippen LogP contribution is -2.27. The molecular weight excluding hydrogens is 285 g/mol. The van der Waals surface area contributed by atoms with Crippen molar-refractivity contribution in [3.05, 3.63) is 68.3 Å². The van der Waals surface area contributed by atoms with Crippen LogP contribution < -0.4 is 5.56 Å². The van der Waals surface area contributed by atoms with E-state index >= 15 is 0 Å². The number of carbonyl (C=O) groups is 1. The summed E-state index contributed by atoms with van der Waals surface area (Å²) in [5.74, 6) is -1.91. The number of carboxylic acids is 1. The molecule has 2 rings (SSSR count). The van der Waals surface area contributed by atoms with Crippen LogP contribution in [0.4, 0.5) is 4.39 Å². The van der Waals surface area contributed by atoms with Gasteiger partial charge in [0.15, 0.2) is 0 Å². The zero-order valence-corrected chi connectivity index (χ0v) is 11.3. The Balaban J connectivity index is 2.50. The van der Waals surface area contributed by atoms with Crippen LogP contribution in [0.2, 0.25) is 5.02 Å². The summed E-state index contributed by atoms with van der Waals surface area (Å²) >= 11 is 5.67. The van der Waals surface area contributed by atoms with Gasteiger partial charge in [0.2, 0.25) is 0 Å². The Labute approximate surface area is 119 Å². The summed E-state index contributed by atoms with van der Waals surface area (Å²) in [7, 11) is 0. The Hall–Kier alpha value is -2.14. The number of nitrogens with zero attached hydrogens (tertiary/aromatic N) is 1. The molecule has 6 heteroatoms. The van der Waals surface area contributed by atoms with Crippen molar-refractivity contribution in [3.8, 4) is 0 Å². The number of carboxylic acid groups (broad SMARTS) is 1. The summed E-state index contributed by atoms with van der Waals surface area (Å²) in [5, 5.41) is 8.99. The minimum absolute atomic E-state index is 0.0406. The second kappa shape index (κ2) is 5.46. The van der Waals surface area contributed by atoms with Gasteiger partial charge in [-0.1, -0.05) is 23.7 Å². The van der Waals surface area contributed by atoms with Crippen molar-refractivity contribution in [2.75, 3.05) is 0 Å². The smallest absolute Gasteiger partial charge is 0.341 e. The molecule has 0 bridgehead atoms. The predicted octanol–water partition coefficient (Wildman–Crippen LogP) is 2.70.